The van der Waals surface area contributed by atoms with Gasteiger partial charge in [0, 0.05) is 19.0 Å². The van der Waals surface area contributed by atoms with Crippen LogP contribution in [0.5, 0.6) is 0 Å². The van der Waals surface area contributed by atoms with Gasteiger partial charge in [-0.2, -0.15) is 0 Å². The molecule has 1 aromatic rings. The van der Waals surface area contributed by atoms with Gasteiger partial charge >= 0.3 is 6.09 Å². The molecule has 1 N–H and O–H groups in total. The number of alkyl carbamates (subject to hydrolysis) is 1. The molecular weight excluding hydrogens is 340 g/mol. The van der Waals surface area contributed by atoms with Crippen molar-refractivity contribution in [2.45, 2.75) is 68.4 Å². The molecule has 2 amide bonds. The Morgan fingerprint density at radius 3 is 2.63 bits per heavy atom. The van der Waals surface area contributed by atoms with E-state index >= 15 is 0 Å². The van der Waals surface area contributed by atoms with E-state index in [0.717, 1.165) is 12.8 Å². The lowest BCUT2D eigenvalue weighted by Gasteiger charge is -2.47. The Hall–Kier alpha value is -2.04. The number of cyclic esters (lactones) is 1. The molecule has 5 nitrogen and oxygen atoms in total. The third-order valence-corrected chi connectivity index (χ3v) is 7.53. The van der Waals surface area contributed by atoms with Crippen LogP contribution < -0.4 is 5.32 Å². The maximum Gasteiger partial charge on any atom is 0.407 e. The third-order valence-electron chi connectivity index (χ3n) is 7.53. The molecule has 1 heterocycles. The molecule has 0 aromatic heterocycles. The average molecular weight is 368 g/mol. The van der Waals surface area contributed by atoms with Crippen molar-refractivity contribution in [1.82, 2.24) is 10.2 Å². The smallest absolute Gasteiger partial charge is 0.407 e. The van der Waals surface area contributed by atoms with Gasteiger partial charge in [0.25, 0.3) is 0 Å². The maximum absolute atomic E-state index is 12.8. The van der Waals surface area contributed by atoms with Crippen LogP contribution in [-0.2, 0) is 14.9 Å². The number of rotatable bonds is 4. The highest BCUT2D eigenvalue weighted by atomic mass is 16.6. The summed E-state index contributed by atoms with van der Waals surface area (Å²) >= 11 is 0. The zero-order valence-electron chi connectivity index (χ0n) is 16.2. The van der Waals surface area contributed by atoms with Crippen molar-refractivity contribution >= 4 is 12.0 Å². The van der Waals surface area contributed by atoms with Crippen LogP contribution >= 0.6 is 0 Å². The molecule has 5 rings (SSSR count). The largest absolute Gasteiger partial charge is 0.447 e. The Labute approximate surface area is 160 Å². The molecule has 0 atom stereocenters. The van der Waals surface area contributed by atoms with Crippen LogP contribution in [0.1, 0.15) is 62.5 Å². The summed E-state index contributed by atoms with van der Waals surface area (Å²) in [5.41, 5.74) is 3.05. The first-order chi connectivity index (χ1) is 12.9. The van der Waals surface area contributed by atoms with Gasteiger partial charge in [0.05, 0.1) is 5.54 Å². The fourth-order valence-electron chi connectivity index (χ4n) is 5.06. The van der Waals surface area contributed by atoms with E-state index in [2.05, 4.69) is 36.5 Å². The minimum absolute atomic E-state index is 0.0224. The van der Waals surface area contributed by atoms with Gasteiger partial charge < -0.3 is 15.0 Å². The van der Waals surface area contributed by atoms with Crippen LogP contribution in [0.2, 0.25) is 0 Å². The molecule has 1 aromatic carbocycles. The highest BCUT2D eigenvalue weighted by Crippen LogP contribution is 2.49. The first-order valence-corrected chi connectivity index (χ1v) is 10.2. The van der Waals surface area contributed by atoms with Gasteiger partial charge in [0.2, 0.25) is 5.91 Å². The summed E-state index contributed by atoms with van der Waals surface area (Å²) in [6.45, 7) is 2.76. The first-order valence-electron chi connectivity index (χ1n) is 10.2. The van der Waals surface area contributed by atoms with Crippen LogP contribution in [0.15, 0.2) is 24.3 Å². The van der Waals surface area contributed by atoms with E-state index in [-0.39, 0.29) is 23.5 Å². The molecule has 3 aliphatic carbocycles. The van der Waals surface area contributed by atoms with Gasteiger partial charge in [-0.3, -0.25) is 4.79 Å². The van der Waals surface area contributed by atoms with Crippen LogP contribution in [0.3, 0.4) is 0 Å². The fourth-order valence-corrected chi connectivity index (χ4v) is 5.06. The monoisotopic (exact) mass is 368 g/mol. The number of carbonyl (C=O) groups excluding carboxylic acids is 2. The Kier molecular flexibility index (Phi) is 3.62. The second kappa shape index (κ2) is 5.73. The summed E-state index contributed by atoms with van der Waals surface area (Å²) in [5.74, 6) is 0.821. The van der Waals surface area contributed by atoms with Crippen molar-refractivity contribution in [3.05, 3.63) is 35.4 Å². The van der Waals surface area contributed by atoms with Crippen molar-refractivity contribution in [2.24, 2.45) is 5.92 Å². The number of benzene rings is 1. The lowest BCUT2D eigenvalue weighted by atomic mass is 9.67. The molecule has 144 valence electrons. The summed E-state index contributed by atoms with van der Waals surface area (Å²) in [4.78, 5) is 26.0. The quantitative estimate of drug-likeness (QED) is 0.887. The molecule has 4 aliphatic rings. The van der Waals surface area contributed by atoms with Gasteiger partial charge in [-0.1, -0.05) is 31.2 Å². The minimum atomic E-state index is -0.349. The Morgan fingerprint density at radius 1 is 1.26 bits per heavy atom. The molecule has 3 saturated carbocycles. The molecule has 0 radical (unpaired) electrons. The molecule has 1 spiro atoms. The lowest BCUT2D eigenvalue weighted by molar-refractivity contribution is -0.143. The molecule has 5 heteroatoms. The molecule has 1 saturated heterocycles. The van der Waals surface area contributed by atoms with Gasteiger partial charge in [-0.05, 0) is 61.0 Å². The standard InChI is InChI=1S/C22H28N2O3/c1-21(6-7-21)17-5-3-4-14(8-17)15-9-18(10-15)24(2)19(25)16-11-22(12-16)13-27-20(26)23-22/h3-5,8,15-16,18H,6-7,9-13H2,1-2H3,(H,23,26)/t15-,16-,18+,22+. The SMILES string of the molecule is CN(C(=O)[C@H]1C[C@]2(COC(=O)N2)C1)[C@H]1C[C@@H](c2cccc(C3(C)CC3)c2)C1. The van der Waals surface area contributed by atoms with Gasteiger partial charge in [-0.25, -0.2) is 4.79 Å². The molecule has 0 bridgehead atoms. The van der Waals surface area contributed by atoms with E-state index < -0.39 is 0 Å². The second-order valence-corrected chi connectivity index (χ2v) is 9.54. The van der Waals surface area contributed by atoms with Crippen LogP contribution in [-0.4, -0.2) is 42.1 Å². The molecule has 27 heavy (non-hydrogen) atoms. The van der Waals surface area contributed by atoms with E-state index in [4.69, 9.17) is 4.74 Å². The van der Waals surface area contributed by atoms with Crippen molar-refractivity contribution in [2.75, 3.05) is 13.7 Å². The molecule has 4 fully saturated rings. The molecule has 0 unspecified atom stereocenters. The average Bonchev–Trinajstić information content (AvgIpc) is 3.21. The van der Waals surface area contributed by atoms with Crippen LogP contribution in [0, 0.1) is 5.92 Å². The Balaban J connectivity index is 1.15. The highest BCUT2D eigenvalue weighted by molar-refractivity contribution is 5.81. The van der Waals surface area contributed by atoms with E-state index in [0.29, 0.717) is 36.8 Å². The van der Waals surface area contributed by atoms with Crippen LogP contribution in [0.4, 0.5) is 4.79 Å². The van der Waals surface area contributed by atoms with Crippen molar-refractivity contribution in [1.29, 1.82) is 0 Å². The van der Waals surface area contributed by atoms with Gasteiger partial charge in [0.15, 0.2) is 0 Å². The van der Waals surface area contributed by atoms with E-state index in [9.17, 15) is 9.59 Å². The summed E-state index contributed by atoms with van der Waals surface area (Å²) in [7, 11) is 1.94. The number of amides is 2. The normalized spacial score (nSPS) is 35.6. The van der Waals surface area contributed by atoms with Gasteiger partial charge in [0.1, 0.15) is 6.61 Å². The summed E-state index contributed by atoms with van der Waals surface area (Å²) in [5, 5.41) is 2.87. The zero-order valence-corrected chi connectivity index (χ0v) is 16.2. The third kappa shape index (κ3) is 2.82. The summed E-state index contributed by atoms with van der Waals surface area (Å²) < 4.78 is 5.00. The summed E-state index contributed by atoms with van der Waals surface area (Å²) in [6.07, 6.45) is 5.78. The first kappa shape index (κ1) is 17.1. The second-order valence-electron chi connectivity index (χ2n) is 9.54. The van der Waals surface area contributed by atoms with Crippen LogP contribution in [0.25, 0.3) is 0 Å². The maximum atomic E-state index is 12.8. The number of ether oxygens (including phenoxy) is 1. The predicted molar refractivity (Wildman–Crippen MR) is 101 cm³/mol. The number of nitrogens with zero attached hydrogens (tertiary/aromatic N) is 1. The van der Waals surface area contributed by atoms with E-state index in [1.165, 1.54) is 24.0 Å². The summed E-state index contributed by atoms with van der Waals surface area (Å²) in [6, 6.07) is 9.45. The van der Waals surface area contributed by atoms with Crippen molar-refractivity contribution < 1.29 is 14.3 Å². The topological polar surface area (TPSA) is 58.6 Å². The van der Waals surface area contributed by atoms with Crippen molar-refractivity contribution in [3.63, 3.8) is 0 Å². The fraction of sp³-hybridized carbons (Fsp3) is 0.636. The Morgan fingerprint density at radius 2 is 2.00 bits per heavy atom. The molecular formula is C22H28N2O3. The predicted octanol–water partition coefficient (Wildman–Crippen LogP) is 3.33. The zero-order chi connectivity index (χ0) is 18.8. The number of nitrogens with one attached hydrogen (secondary N) is 1. The van der Waals surface area contributed by atoms with E-state index in [1.807, 2.05) is 11.9 Å². The number of hydrogen-bond donors (Lipinski definition) is 1. The number of carbonyl (C=O) groups is 2. The lowest BCUT2D eigenvalue weighted by Crippen LogP contribution is -2.59. The minimum Gasteiger partial charge on any atom is -0.447 e. The van der Waals surface area contributed by atoms with Crippen molar-refractivity contribution in [3.8, 4) is 0 Å². The molecule has 1 aliphatic heterocycles. The Bertz CT molecular complexity index is 789. The van der Waals surface area contributed by atoms with E-state index in [1.54, 1.807) is 0 Å². The highest BCUT2D eigenvalue weighted by Gasteiger charge is 2.54. The number of hydrogen-bond acceptors (Lipinski definition) is 3. The van der Waals surface area contributed by atoms with Gasteiger partial charge in [-0.15, -0.1) is 0 Å².